The summed E-state index contributed by atoms with van der Waals surface area (Å²) in [7, 11) is 0. The van der Waals surface area contributed by atoms with Crippen LogP contribution in [-0.2, 0) is 6.18 Å². The summed E-state index contributed by atoms with van der Waals surface area (Å²) in [6.07, 6.45) is -3.62. The van der Waals surface area contributed by atoms with Crippen LogP contribution in [0.1, 0.15) is 11.1 Å². The van der Waals surface area contributed by atoms with Crippen molar-refractivity contribution in [2.75, 3.05) is 0 Å². The van der Waals surface area contributed by atoms with E-state index in [1.54, 1.807) is 6.07 Å². The Morgan fingerprint density at radius 1 is 1.16 bits per heavy atom. The molecule has 0 unspecified atom stereocenters. The average molecular weight is 379 g/mol. The number of hydrogen-bond donors (Lipinski definition) is 0. The van der Waals surface area contributed by atoms with E-state index in [9.17, 15) is 13.2 Å². The Morgan fingerprint density at radius 2 is 1.89 bits per heavy atom. The van der Waals surface area contributed by atoms with Crippen LogP contribution in [0.5, 0.6) is 11.6 Å². The summed E-state index contributed by atoms with van der Waals surface area (Å²) in [5.74, 6) is 0.702. The Hall–Kier alpha value is -1.31. The molecule has 0 saturated heterocycles. The van der Waals surface area contributed by atoms with Crippen LogP contribution in [-0.4, -0.2) is 4.98 Å². The molecule has 0 bridgehead atoms. The fourth-order valence-corrected chi connectivity index (χ4v) is 2.19. The van der Waals surface area contributed by atoms with Crippen LogP contribution in [0.4, 0.5) is 13.2 Å². The molecule has 0 fully saturated rings. The summed E-state index contributed by atoms with van der Waals surface area (Å²) in [6, 6.07) is 7.69. The number of benzene rings is 1. The highest BCUT2D eigenvalue weighted by molar-refractivity contribution is 14.1. The topological polar surface area (TPSA) is 22.1 Å². The van der Waals surface area contributed by atoms with E-state index in [2.05, 4.69) is 27.6 Å². The minimum absolute atomic E-state index is 0.134. The third-order valence-electron chi connectivity index (χ3n) is 2.37. The van der Waals surface area contributed by atoms with Crippen LogP contribution >= 0.6 is 22.6 Å². The average Bonchev–Trinajstić information content (AvgIpc) is 2.32. The van der Waals surface area contributed by atoms with Crippen molar-refractivity contribution < 1.29 is 17.9 Å². The monoisotopic (exact) mass is 379 g/mol. The van der Waals surface area contributed by atoms with Crippen molar-refractivity contribution >= 4 is 22.6 Å². The number of alkyl halides is 3. The maximum atomic E-state index is 12.4. The van der Waals surface area contributed by atoms with Gasteiger partial charge in [-0.2, -0.15) is 13.2 Å². The second kappa shape index (κ2) is 5.36. The van der Waals surface area contributed by atoms with Gasteiger partial charge in [-0.05, 0) is 53.3 Å². The lowest BCUT2D eigenvalue weighted by Crippen LogP contribution is -2.05. The molecule has 0 atom stereocenters. The standard InChI is InChI=1S/C13H9F3INO/c1-8-2-4-11(10(17)6-8)19-12-5-3-9(7-18-12)13(14,15)16/h2-7H,1H3. The van der Waals surface area contributed by atoms with E-state index in [4.69, 9.17) is 4.74 Å². The Balaban J connectivity index is 2.20. The molecule has 0 aliphatic carbocycles. The van der Waals surface area contributed by atoms with Gasteiger partial charge in [0.2, 0.25) is 5.88 Å². The van der Waals surface area contributed by atoms with Crippen LogP contribution in [0.3, 0.4) is 0 Å². The van der Waals surface area contributed by atoms with E-state index in [-0.39, 0.29) is 5.88 Å². The van der Waals surface area contributed by atoms with E-state index >= 15 is 0 Å². The fourth-order valence-electron chi connectivity index (χ4n) is 1.41. The summed E-state index contributed by atoms with van der Waals surface area (Å²) >= 11 is 2.10. The highest BCUT2D eigenvalue weighted by Crippen LogP contribution is 2.31. The van der Waals surface area contributed by atoms with Crippen molar-refractivity contribution in [3.8, 4) is 11.6 Å². The quantitative estimate of drug-likeness (QED) is 0.699. The number of pyridine rings is 1. The maximum Gasteiger partial charge on any atom is 0.417 e. The summed E-state index contributed by atoms with van der Waals surface area (Å²) in [5.41, 5.74) is 0.288. The molecule has 0 N–H and O–H groups in total. The lowest BCUT2D eigenvalue weighted by Gasteiger charge is -2.09. The molecule has 0 amide bonds. The highest BCUT2D eigenvalue weighted by atomic mass is 127. The Labute approximate surface area is 121 Å². The van der Waals surface area contributed by atoms with Gasteiger partial charge in [-0.1, -0.05) is 6.07 Å². The highest BCUT2D eigenvalue weighted by Gasteiger charge is 2.30. The maximum absolute atomic E-state index is 12.4. The SMILES string of the molecule is Cc1ccc(Oc2ccc(C(F)(F)F)cn2)c(I)c1. The second-order valence-electron chi connectivity index (χ2n) is 3.92. The summed E-state index contributed by atoms with van der Waals surface area (Å²) in [5, 5.41) is 0. The first-order chi connectivity index (χ1) is 8.86. The molecule has 1 aromatic heterocycles. The van der Waals surface area contributed by atoms with Crippen LogP contribution in [0.15, 0.2) is 36.5 Å². The molecule has 1 aromatic carbocycles. The molecule has 0 saturated carbocycles. The zero-order valence-electron chi connectivity index (χ0n) is 9.83. The van der Waals surface area contributed by atoms with Crippen LogP contribution < -0.4 is 4.74 Å². The zero-order chi connectivity index (χ0) is 14.0. The number of hydrogen-bond acceptors (Lipinski definition) is 2. The van der Waals surface area contributed by atoms with E-state index in [0.717, 1.165) is 21.4 Å². The van der Waals surface area contributed by atoms with Crippen LogP contribution in [0.25, 0.3) is 0 Å². The summed E-state index contributed by atoms with van der Waals surface area (Å²) < 4.78 is 43.4. The van der Waals surface area contributed by atoms with E-state index in [0.29, 0.717) is 5.75 Å². The first-order valence-electron chi connectivity index (χ1n) is 5.33. The predicted octanol–water partition coefficient (Wildman–Crippen LogP) is 4.81. The van der Waals surface area contributed by atoms with Gasteiger partial charge in [0.25, 0.3) is 0 Å². The number of nitrogens with zero attached hydrogens (tertiary/aromatic N) is 1. The molecular formula is C13H9F3INO. The van der Waals surface area contributed by atoms with E-state index in [1.165, 1.54) is 6.07 Å². The van der Waals surface area contributed by atoms with Crippen LogP contribution in [0, 0.1) is 10.5 Å². The number of ether oxygens (including phenoxy) is 1. The minimum atomic E-state index is -4.39. The Bertz CT molecular complexity index is 581. The smallest absolute Gasteiger partial charge is 0.417 e. The van der Waals surface area contributed by atoms with Gasteiger partial charge in [-0.15, -0.1) is 0 Å². The number of aromatic nitrogens is 1. The van der Waals surface area contributed by atoms with Crippen molar-refractivity contribution in [2.24, 2.45) is 0 Å². The van der Waals surface area contributed by atoms with Crippen molar-refractivity contribution in [2.45, 2.75) is 13.1 Å². The molecule has 0 spiro atoms. The predicted molar refractivity (Wildman–Crippen MR) is 73.2 cm³/mol. The van der Waals surface area contributed by atoms with Gasteiger partial charge in [-0.25, -0.2) is 4.98 Å². The Kier molecular flexibility index (Phi) is 3.98. The van der Waals surface area contributed by atoms with Gasteiger partial charge in [0.15, 0.2) is 0 Å². The van der Waals surface area contributed by atoms with Gasteiger partial charge < -0.3 is 4.74 Å². The molecule has 19 heavy (non-hydrogen) atoms. The third kappa shape index (κ3) is 3.59. The summed E-state index contributed by atoms with van der Waals surface area (Å²) in [6.45, 7) is 1.95. The molecule has 100 valence electrons. The van der Waals surface area contributed by atoms with Gasteiger partial charge in [0.1, 0.15) is 5.75 Å². The molecule has 2 aromatic rings. The van der Waals surface area contributed by atoms with Gasteiger partial charge in [0.05, 0.1) is 9.13 Å². The van der Waals surface area contributed by atoms with Crippen molar-refractivity contribution in [3.63, 3.8) is 0 Å². The third-order valence-corrected chi connectivity index (χ3v) is 3.21. The molecule has 6 heteroatoms. The molecule has 0 radical (unpaired) electrons. The molecule has 2 nitrogen and oxygen atoms in total. The molecule has 0 aliphatic heterocycles. The van der Waals surface area contributed by atoms with Gasteiger partial charge in [0, 0.05) is 12.3 Å². The van der Waals surface area contributed by atoms with Crippen molar-refractivity contribution in [3.05, 3.63) is 51.2 Å². The zero-order valence-corrected chi connectivity index (χ0v) is 12.0. The van der Waals surface area contributed by atoms with Crippen molar-refractivity contribution in [1.82, 2.24) is 4.98 Å². The van der Waals surface area contributed by atoms with Gasteiger partial charge >= 0.3 is 6.18 Å². The van der Waals surface area contributed by atoms with Gasteiger partial charge in [-0.3, -0.25) is 0 Å². The molecule has 1 heterocycles. The number of halogens is 4. The Morgan fingerprint density at radius 3 is 2.42 bits per heavy atom. The molecular weight excluding hydrogens is 370 g/mol. The summed E-state index contributed by atoms with van der Waals surface area (Å²) in [4.78, 5) is 3.66. The normalized spacial score (nSPS) is 11.4. The minimum Gasteiger partial charge on any atom is -0.438 e. The molecule has 0 aliphatic rings. The fraction of sp³-hybridized carbons (Fsp3) is 0.154. The molecule has 2 rings (SSSR count). The number of rotatable bonds is 2. The first-order valence-corrected chi connectivity index (χ1v) is 6.41. The van der Waals surface area contributed by atoms with Crippen molar-refractivity contribution in [1.29, 1.82) is 0 Å². The lowest BCUT2D eigenvalue weighted by molar-refractivity contribution is -0.137. The van der Waals surface area contributed by atoms with E-state index < -0.39 is 11.7 Å². The number of aryl methyl sites for hydroxylation is 1. The second-order valence-corrected chi connectivity index (χ2v) is 5.08. The largest absolute Gasteiger partial charge is 0.438 e. The van der Waals surface area contributed by atoms with E-state index in [1.807, 2.05) is 19.1 Å². The first kappa shape index (κ1) is 14.1. The lowest BCUT2D eigenvalue weighted by atomic mass is 10.2. The van der Waals surface area contributed by atoms with Crippen LogP contribution in [0.2, 0.25) is 0 Å².